The molecule has 85 heavy (non-hydrogen) atoms. The Morgan fingerprint density at radius 2 is 0.600 bits per heavy atom. The third-order valence-electron chi connectivity index (χ3n) is 15.0. The number of para-hydroxylation sites is 3. The van der Waals surface area contributed by atoms with E-state index < -0.39 is 0 Å². The minimum atomic E-state index is 0.558. The Morgan fingerprint density at radius 3 is 0.894 bits per heavy atom. The number of ether oxygens (including phenoxy) is 6. The fraction of sp³-hybridized carbons (Fsp3) is 0.200. The van der Waals surface area contributed by atoms with Crippen LogP contribution in [-0.2, 0) is 14.2 Å². The number of fused-ring (bicyclic) bond motifs is 9. The van der Waals surface area contributed by atoms with Crippen LogP contribution in [0.15, 0.2) is 200 Å². The molecule has 0 bridgehead atoms. The first-order valence-electron chi connectivity index (χ1n) is 29.5. The highest BCUT2D eigenvalue weighted by atomic mass is 16.5. The first kappa shape index (κ1) is 55.2. The van der Waals surface area contributed by atoms with Crippen LogP contribution in [0.4, 0.5) is 17.1 Å². The van der Waals surface area contributed by atoms with Gasteiger partial charge in [-0.05, 0) is 167 Å². The normalized spacial score (nSPS) is 11.0. The highest BCUT2D eigenvalue weighted by Gasteiger charge is 2.20. The second kappa shape index (κ2) is 26.3. The van der Waals surface area contributed by atoms with Crippen molar-refractivity contribution in [3.05, 3.63) is 200 Å². The zero-order chi connectivity index (χ0) is 57.7. The maximum atomic E-state index is 6.32. The van der Waals surface area contributed by atoms with Gasteiger partial charge in [0.2, 0.25) is 0 Å². The van der Waals surface area contributed by atoms with Crippen LogP contribution in [0.1, 0.15) is 59.3 Å². The Hall–Kier alpha value is -10.3. The number of rotatable bonds is 21. The lowest BCUT2D eigenvalue weighted by Gasteiger charge is -2.26. The van der Waals surface area contributed by atoms with Gasteiger partial charge in [0, 0.05) is 104 Å². The monoisotopic (exact) mass is 1120 g/mol. The van der Waals surface area contributed by atoms with Crippen molar-refractivity contribution in [3.63, 3.8) is 0 Å². The Kier molecular flexibility index (Phi) is 17.1. The molecule has 0 aliphatic carbocycles. The minimum Gasteiger partial charge on any atom is -0.493 e. The van der Waals surface area contributed by atoms with Crippen LogP contribution in [0.2, 0.25) is 0 Å². The van der Waals surface area contributed by atoms with Crippen molar-refractivity contribution in [2.75, 3.05) is 44.5 Å². The van der Waals surface area contributed by atoms with Gasteiger partial charge in [-0.1, -0.05) is 72.4 Å². The molecule has 10 nitrogen and oxygen atoms in total. The summed E-state index contributed by atoms with van der Waals surface area (Å²) in [6.45, 7) is 9.23. The summed E-state index contributed by atoms with van der Waals surface area (Å²) >= 11 is 0. The Bertz CT molecular complexity index is 4040. The molecule has 0 N–H and O–H groups in total. The van der Waals surface area contributed by atoms with E-state index in [4.69, 9.17) is 28.4 Å². The molecule has 0 aliphatic heterocycles. The van der Waals surface area contributed by atoms with E-state index in [1.807, 2.05) is 20.8 Å². The number of hydrogen-bond acceptors (Lipinski definition) is 7. The molecule has 3 heterocycles. The topological polar surface area (TPSA) is 73.4 Å². The van der Waals surface area contributed by atoms with E-state index in [0.29, 0.717) is 58.9 Å². The second-order valence-electron chi connectivity index (χ2n) is 20.5. The van der Waals surface area contributed by atoms with E-state index >= 15 is 0 Å². The largest absolute Gasteiger partial charge is 0.493 e. The van der Waals surface area contributed by atoms with Crippen LogP contribution in [0, 0.1) is 36.1 Å². The van der Waals surface area contributed by atoms with Crippen LogP contribution >= 0.6 is 0 Å². The molecule has 0 amide bonds. The van der Waals surface area contributed by atoms with E-state index in [0.717, 1.165) is 120 Å². The molecule has 12 aromatic rings. The van der Waals surface area contributed by atoms with Crippen LogP contribution in [0.25, 0.3) is 82.5 Å². The molecule has 0 saturated carbocycles. The van der Waals surface area contributed by atoms with Gasteiger partial charge in [0.05, 0.1) is 72.7 Å². The molecule has 10 heteroatoms. The summed E-state index contributed by atoms with van der Waals surface area (Å²) in [7, 11) is 0. The van der Waals surface area contributed by atoms with Crippen molar-refractivity contribution in [1.82, 2.24) is 13.7 Å². The predicted molar refractivity (Wildman–Crippen MR) is 347 cm³/mol. The average Bonchev–Trinajstić information content (AvgIpc) is 2.65. The van der Waals surface area contributed by atoms with Crippen LogP contribution in [-0.4, -0.2) is 53.3 Å². The van der Waals surface area contributed by atoms with Crippen molar-refractivity contribution in [2.45, 2.75) is 59.3 Å². The molecule has 12 rings (SSSR count). The van der Waals surface area contributed by atoms with Crippen molar-refractivity contribution >= 4 is 82.5 Å². The van der Waals surface area contributed by atoms with Gasteiger partial charge in [0.1, 0.15) is 35.6 Å². The zero-order valence-electron chi connectivity index (χ0n) is 48.3. The summed E-state index contributed by atoms with van der Waals surface area (Å²) in [5.74, 6) is 11.7. The molecular weight excluding hydrogens is 1050 g/mol. The lowest BCUT2D eigenvalue weighted by molar-refractivity contribution is 0.297. The van der Waals surface area contributed by atoms with Gasteiger partial charge < -0.3 is 47.0 Å². The Labute approximate surface area is 496 Å². The summed E-state index contributed by atoms with van der Waals surface area (Å²) in [6.07, 6.45) is 12.8. The van der Waals surface area contributed by atoms with Crippen molar-refractivity contribution in [1.29, 1.82) is 0 Å². The van der Waals surface area contributed by atoms with Gasteiger partial charge in [-0.2, -0.15) is 0 Å². The minimum absolute atomic E-state index is 0.558. The smallest absolute Gasteiger partial charge is 0.121 e. The van der Waals surface area contributed by atoms with Crippen LogP contribution in [0.5, 0.6) is 17.2 Å². The molecule has 0 radical (unpaired) electrons. The number of unbranched alkanes of at least 4 members (excludes halogenated alkanes) is 3. The number of benzene rings is 9. The zero-order valence-corrected chi connectivity index (χ0v) is 48.3. The Morgan fingerprint density at radius 1 is 0.318 bits per heavy atom. The van der Waals surface area contributed by atoms with E-state index in [9.17, 15) is 0 Å². The van der Waals surface area contributed by atoms with E-state index in [-0.39, 0.29) is 0 Å². The van der Waals surface area contributed by atoms with Gasteiger partial charge in [-0.15, -0.1) is 0 Å². The van der Waals surface area contributed by atoms with Gasteiger partial charge in [0.15, 0.2) is 0 Å². The van der Waals surface area contributed by atoms with E-state index in [1.165, 1.54) is 16.2 Å². The molecule has 0 unspecified atom stereocenters. The summed E-state index contributed by atoms with van der Waals surface area (Å²) in [6, 6.07) is 71.7. The number of aromatic nitrogens is 3. The average molecular weight is 1120 g/mol. The summed E-state index contributed by atoms with van der Waals surface area (Å²) in [5, 5.41) is 7.02. The summed E-state index contributed by atoms with van der Waals surface area (Å²) in [4.78, 5) is 2.33. The van der Waals surface area contributed by atoms with Crippen molar-refractivity contribution in [3.8, 4) is 70.4 Å². The number of nitrogens with zero attached hydrogens (tertiary/aromatic N) is 4. The fourth-order valence-electron chi connectivity index (χ4n) is 11.2. The van der Waals surface area contributed by atoms with Gasteiger partial charge in [0.25, 0.3) is 0 Å². The van der Waals surface area contributed by atoms with Crippen molar-refractivity contribution in [2.24, 2.45) is 0 Å². The highest BCUT2D eigenvalue weighted by molar-refractivity contribution is 6.11. The molecule has 0 aliphatic rings. The maximum Gasteiger partial charge on any atom is 0.121 e. The third kappa shape index (κ3) is 11.9. The standard InChI is InChI=1S/C75H66N4O6/c1-4-80-46-16-7-19-49-83-61-40-43-67-64-22-10-13-25-70(64)77(73(67)52-61)58-34-28-55(29-35-58)76(56-30-36-59(37-31-56)78-71-26-14-11-23-65(71)68-44-41-62(53-74(68)78)84-50-20-8-17-47-81-5-2)57-32-38-60(39-33-57)79-72-27-15-12-24-66(72)69-45-42-63(54-75(69)79)85-51-21-9-18-48-82-6-3/h10-15,22-45,52-54H,4-9,19-21,49-51H2,1-3H3. The van der Waals surface area contributed by atoms with Crippen molar-refractivity contribution < 1.29 is 28.4 Å². The quantitative estimate of drug-likeness (QED) is 0.0524. The third-order valence-corrected chi connectivity index (χ3v) is 15.0. The first-order chi connectivity index (χ1) is 42.1. The Balaban J connectivity index is 0.909. The molecule has 422 valence electrons. The molecule has 3 aromatic heterocycles. The van der Waals surface area contributed by atoms with E-state index in [1.54, 1.807) is 0 Å². The van der Waals surface area contributed by atoms with Gasteiger partial charge >= 0.3 is 0 Å². The predicted octanol–water partition coefficient (Wildman–Crippen LogP) is 17.9. The molecule has 0 spiro atoms. The summed E-state index contributed by atoms with van der Waals surface area (Å²) in [5.41, 5.74) is 12.7. The number of hydrogen-bond donors (Lipinski definition) is 0. The second-order valence-corrected chi connectivity index (χ2v) is 20.5. The SMILES string of the molecule is CCOC#CCCCOc1ccc2c3ccccc3n(-c3ccc(N(c4ccc(-n5c6ccccc6c6ccc(OCCCC#COCC)cc65)cc4)c4ccc(-n5c6ccccc6c6ccc(OCCCC#COCC)cc65)cc4)cc3)c2c1. The molecule has 0 fully saturated rings. The fourth-order valence-corrected chi connectivity index (χ4v) is 11.2. The number of anilines is 3. The lowest BCUT2D eigenvalue weighted by Crippen LogP contribution is -2.10. The maximum absolute atomic E-state index is 6.32. The molecular formula is C75H66N4O6. The lowest BCUT2D eigenvalue weighted by atomic mass is 10.1. The highest BCUT2D eigenvalue weighted by Crippen LogP contribution is 2.41. The molecule has 9 aromatic carbocycles. The first-order valence-corrected chi connectivity index (χ1v) is 29.5. The van der Waals surface area contributed by atoms with Gasteiger partial charge in [-0.25, -0.2) is 0 Å². The van der Waals surface area contributed by atoms with Crippen LogP contribution < -0.4 is 19.1 Å². The summed E-state index contributed by atoms with van der Waals surface area (Å²) < 4.78 is 41.6. The van der Waals surface area contributed by atoms with Gasteiger partial charge in [-0.3, -0.25) is 0 Å². The molecule has 0 saturated heterocycles. The molecule has 0 atom stereocenters. The van der Waals surface area contributed by atoms with Crippen LogP contribution in [0.3, 0.4) is 0 Å². The van der Waals surface area contributed by atoms with E-state index in [2.05, 4.69) is 255 Å².